The van der Waals surface area contributed by atoms with Crippen LogP contribution in [0.3, 0.4) is 0 Å². The Morgan fingerprint density at radius 2 is 1.07 bits per heavy atom. The van der Waals surface area contributed by atoms with Gasteiger partial charge in [-0.2, -0.15) is 0 Å². The zero-order valence-corrected chi connectivity index (χ0v) is 15.0. The summed E-state index contributed by atoms with van der Waals surface area (Å²) < 4.78 is 46.4. The summed E-state index contributed by atoms with van der Waals surface area (Å²) in [5.41, 5.74) is -1.56. The zero-order chi connectivity index (χ0) is 20.2. The molecule has 3 nitrogen and oxygen atoms in total. The lowest BCUT2D eigenvalue weighted by Gasteiger charge is -2.16. The third-order valence-corrected chi connectivity index (χ3v) is 4.80. The van der Waals surface area contributed by atoms with E-state index in [1.54, 1.807) is 48.5 Å². The Labute approximate surface area is 158 Å². The zero-order valence-electron chi connectivity index (χ0n) is 15.0. The summed E-state index contributed by atoms with van der Waals surface area (Å²) in [5.74, 6) is -6.00. The molecule has 0 fully saturated rings. The summed E-state index contributed by atoms with van der Waals surface area (Å²) in [6, 6.07) is 13.9. The topological polar surface area (TPSA) is 39.1 Å². The number of rotatable bonds is 3. The second-order valence-corrected chi connectivity index (χ2v) is 6.52. The van der Waals surface area contributed by atoms with Gasteiger partial charge in [-0.1, -0.05) is 36.4 Å². The first kappa shape index (κ1) is 18.0. The number of carbonyl (C=O) groups excluding carboxylic acids is 2. The first-order valence-corrected chi connectivity index (χ1v) is 8.55. The fraction of sp³-hybridized carbons (Fsp3) is 0.0909. The first-order valence-electron chi connectivity index (χ1n) is 8.55. The monoisotopic (exact) mass is 381 g/mol. The van der Waals surface area contributed by atoms with Crippen LogP contribution < -0.4 is 0 Å². The fourth-order valence-electron chi connectivity index (χ4n) is 3.63. The highest BCUT2D eigenvalue weighted by molar-refractivity contribution is 6.10. The van der Waals surface area contributed by atoms with Gasteiger partial charge in [0.15, 0.2) is 29.0 Å². The molecule has 0 N–H and O–H groups in total. The minimum atomic E-state index is -1.47. The maximum Gasteiger partial charge on any atom is 0.165 e. The summed E-state index contributed by atoms with van der Waals surface area (Å²) in [6.07, 6.45) is 0. The quantitative estimate of drug-likeness (QED) is 0.433. The van der Waals surface area contributed by atoms with E-state index in [4.69, 9.17) is 0 Å². The van der Waals surface area contributed by atoms with E-state index < -0.39 is 45.8 Å². The highest BCUT2D eigenvalue weighted by Gasteiger charge is 2.31. The smallest absolute Gasteiger partial charge is 0.165 e. The maximum absolute atomic E-state index is 15.3. The number of ketones is 2. The van der Waals surface area contributed by atoms with Crippen LogP contribution in [0.15, 0.2) is 48.5 Å². The number of hydrogen-bond donors (Lipinski definition) is 0. The van der Waals surface area contributed by atoms with Crippen molar-refractivity contribution in [1.82, 2.24) is 4.57 Å². The van der Waals surface area contributed by atoms with Crippen LogP contribution in [0.4, 0.5) is 13.2 Å². The molecule has 6 heteroatoms. The summed E-state index contributed by atoms with van der Waals surface area (Å²) >= 11 is 0. The van der Waals surface area contributed by atoms with Crippen molar-refractivity contribution in [3.05, 3.63) is 77.1 Å². The summed E-state index contributed by atoms with van der Waals surface area (Å²) in [7, 11) is 0. The van der Waals surface area contributed by atoms with Gasteiger partial charge >= 0.3 is 0 Å². The average Bonchev–Trinajstić information content (AvgIpc) is 2.96. The number of nitrogens with zero attached hydrogens (tertiary/aromatic N) is 1. The van der Waals surface area contributed by atoms with Crippen molar-refractivity contribution in [3.63, 3.8) is 0 Å². The molecule has 0 aliphatic heterocycles. The van der Waals surface area contributed by atoms with E-state index in [1.807, 2.05) is 0 Å². The molecule has 140 valence electrons. The van der Waals surface area contributed by atoms with Gasteiger partial charge in [-0.15, -0.1) is 0 Å². The molecule has 1 heterocycles. The third-order valence-electron chi connectivity index (χ3n) is 4.80. The van der Waals surface area contributed by atoms with Crippen LogP contribution in [0.2, 0.25) is 0 Å². The van der Waals surface area contributed by atoms with Crippen LogP contribution in [0, 0.1) is 17.5 Å². The van der Waals surface area contributed by atoms with E-state index in [9.17, 15) is 14.0 Å². The van der Waals surface area contributed by atoms with Crippen LogP contribution in [0.5, 0.6) is 0 Å². The Morgan fingerprint density at radius 1 is 0.679 bits per heavy atom. The molecule has 0 radical (unpaired) electrons. The maximum atomic E-state index is 15.3. The largest absolute Gasteiger partial charge is 0.304 e. The van der Waals surface area contributed by atoms with E-state index in [-0.39, 0.29) is 0 Å². The number of benzene rings is 3. The Balaban J connectivity index is 2.28. The van der Waals surface area contributed by atoms with Crippen molar-refractivity contribution < 1.29 is 22.8 Å². The highest BCUT2D eigenvalue weighted by Crippen LogP contribution is 2.36. The normalized spacial score (nSPS) is 11.3. The van der Waals surface area contributed by atoms with E-state index >= 15 is 8.78 Å². The number of hydrogen-bond acceptors (Lipinski definition) is 2. The highest BCUT2D eigenvalue weighted by atomic mass is 19.1. The molecule has 0 bridgehead atoms. The molecule has 0 unspecified atom stereocenters. The lowest BCUT2D eigenvalue weighted by molar-refractivity contribution is 0.100. The van der Waals surface area contributed by atoms with Crippen molar-refractivity contribution >= 4 is 33.4 Å². The lowest BCUT2D eigenvalue weighted by atomic mass is 10.0. The third kappa shape index (κ3) is 2.37. The predicted molar refractivity (Wildman–Crippen MR) is 101 cm³/mol. The lowest BCUT2D eigenvalue weighted by Crippen LogP contribution is -2.16. The number of carbonyl (C=O) groups is 2. The van der Waals surface area contributed by atoms with E-state index in [0.717, 1.165) is 24.6 Å². The van der Waals surface area contributed by atoms with Crippen molar-refractivity contribution in [1.29, 1.82) is 0 Å². The molecule has 0 aliphatic carbocycles. The Bertz CT molecular complexity index is 1210. The predicted octanol–water partition coefficient (Wildman–Crippen LogP) is 5.61. The van der Waals surface area contributed by atoms with Crippen LogP contribution in [-0.4, -0.2) is 16.1 Å². The Morgan fingerprint density at radius 3 is 1.46 bits per heavy atom. The number of aromatic nitrogens is 1. The molecule has 0 amide bonds. The van der Waals surface area contributed by atoms with E-state index in [1.165, 1.54) is 4.57 Å². The second kappa shape index (κ2) is 6.34. The van der Waals surface area contributed by atoms with Gasteiger partial charge in [0.1, 0.15) is 5.69 Å². The van der Waals surface area contributed by atoms with Gasteiger partial charge in [0, 0.05) is 10.8 Å². The summed E-state index contributed by atoms with van der Waals surface area (Å²) in [4.78, 5) is 23.8. The molecule has 4 aromatic rings. The fourth-order valence-corrected chi connectivity index (χ4v) is 3.63. The molecule has 0 atom stereocenters. The molecule has 0 saturated heterocycles. The van der Waals surface area contributed by atoms with Gasteiger partial charge in [0.25, 0.3) is 0 Å². The van der Waals surface area contributed by atoms with Gasteiger partial charge in [-0.25, -0.2) is 13.2 Å². The number of fused-ring (bicyclic) bond motifs is 3. The number of halogens is 3. The van der Waals surface area contributed by atoms with Crippen LogP contribution >= 0.6 is 0 Å². The van der Waals surface area contributed by atoms with Crippen molar-refractivity contribution in [2.24, 2.45) is 0 Å². The summed E-state index contributed by atoms with van der Waals surface area (Å²) in [5, 5.41) is 1.46. The van der Waals surface area contributed by atoms with Crippen molar-refractivity contribution in [3.8, 4) is 5.69 Å². The molecule has 3 aromatic carbocycles. The molecule has 4 rings (SSSR count). The number of para-hydroxylation sites is 2. The molecular weight excluding hydrogens is 367 g/mol. The molecule has 0 aliphatic rings. The minimum absolute atomic E-state index is 0.470. The Kier molecular flexibility index (Phi) is 4.07. The van der Waals surface area contributed by atoms with Gasteiger partial charge in [-0.3, -0.25) is 9.59 Å². The molecule has 28 heavy (non-hydrogen) atoms. The van der Waals surface area contributed by atoms with Crippen molar-refractivity contribution in [2.45, 2.75) is 13.8 Å². The molecular formula is C22H14F3NO2. The first-order chi connectivity index (χ1) is 13.3. The molecule has 0 saturated carbocycles. The van der Waals surface area contributed by atoms with Gasteiger partial charge in [0.2, 0.25) is 0 Å². The van der Waals surface area contributed by atoms with Crippen molar-refractivity contribution in [2.75, 3.05) is 0 Å². The van der Waals surface area contributed by atoms with Gasteiger partial charge in [0.05, 0.1) is 22.2 Å². The number of Topliss-reactive ketones (excluding diaryl/α,β-unsaturated/α-hetero) is 2. The summed E-state index contributed by atoms with van der Waals surface area (Å²) in [6.45, 7) is 1.94. The SMILES string of the molecule is CC(=O)c1c(F)c(C(C)=O)c(F)c(-n2c3ccccc3c3ccccc32)c1F. The van der Waals surface area contributed by atoms with Crippen LogP contribution in [0.1, 0.15) is 34.6 Å². The van der Waals surface area contributed by atoms with Gasteiger partial charge in [-0.05, 0) is 26.0 Å². The Hall–Kier alpha value is -3.41. The molecule has 1 aromatic heterocycles. The van der Waals surface area contributed by atoms with E-state index in [2.05, 4.69) is 0 Å². The van der Waals surface area contributed by atoms with Crippen LogP contribution in [0.25, 0.3) is 27.5 Å². The molecule has 0 spiro atoms. The average molecular weight is 381 g/mol. The second-order valence-electron chi connectivity index (χ2n) is 6.52. The standard InChI is InChI=1S/C22H14F3NO2/c1-11(27)17-19(23)18(12(2)28)21(25)22(20(17)24)26-15-9-5-3-7-13(15)14-8-4-6-10-16(14)26/h3-10H,1-2H3. The van der Waals surface area contributed by atoms with Gasteiger partial charge < -0.3 is 4.57 Å². The van der Waals surface area contributed by atoms with Crippen LogP contribution in [-0.2, 0) is 0 Å². The minimum Gasteiger partial charge on any atom is -0.304 e. The van der Waals surface area contributed by atoms with E-state index in [0.29, 0.717) is 11.0 Å².